The second-order valence-corrected chi connectivity index (χ2v) is 4.76. The Morgan fingerprint density at radius 3 is 2.26 bits per heavy atom. The van der Waals surface area contributed by atoms with Gasteiger partial charge < -0.3 is 10.4 Å². The average molecular weight is 298 g/mol. The number of hydrogen-bond acceptors (Lipinski definition) is 4. The van der Waals surface area contributed by atoms with Crippen LogP contribution in [0.15, 0.2) is 30.3 Å². The van der Waals surface area contributed by atoms with E-state index in [0.717, 1.165) is 11.3 Å². The molecule has 0 aliphatic carbocycles. The normalized spacial score (nSPS) is 12.2. The van der Waals surface area contributed by atoms with E-state index >= 15 is 0 Å². The van der Waals surface area contributed by atoms with Crippen molar-refractivity contribution in [1.82, 2.24) is 9.97 Å². The Morgan fingerprint density at radius 1 is 1.16 bits per heavy atom. The van der Waals surface area contributed by atoms with Gasteiger partial charge in [-0.05, 0) is 30.7 Å². The second kappa shape index (κ2) is 6.19. The molecule has 6 heteroatoms. The lowest BCUT2D eigenvalue weighted by Crippen LogP contribution is -2.16. The highest BCUT2D eigenvalue weighted by atomic mass is 35.5. The number of rotatable bonds is 4. The molecule has 1 heterocycles. The Morgan fingerprint density at radius 2 is 1.74 bits per heavy atom. The average Bonchev–Trinajstić information content (AvgIpc) is 2.38. The third-order valence-corrected chi connectivity index (χ3v) is 2.91. The smallest absolute Gasteiger partial charge is 0.162 e. The van der Waals surface area contributed by atoms with Gasteiger partial charge in [0.15, 0.2) is 5.82 Å². The topological polar surface area (TPSA) is 58.0 Å². The van der Waals surface area contributed by atoms with Crippen LogP contribution in [-0.2, 0) is 0 Å². The van der Waals surface area contributed by atoms with Crippen molar-refractivity contribution in [3.8, 4) is 11.4 Å². The number of aromatic nitrogens is 2. The van der Waals surface area contributed by atoms with Gasteiger partial charge in [0.2, 0.25) is 0 Å². The molecule has 1 unspecified atom stereocenters. The lowest BCUT2D eigenvalue weighted by molar-refractivity contribution is 0.199. The van der Waals surface area contributed by atoms with Crippen LogP contribution in [0.2, 0.25) is 10.3 Å². The van der Waals surface area contributed by atoms with Gasteiger partial charge in [-0.15, -0.1) is 0 Å². The molecule has 0 radical (unpaired) electrons. The number of halogens is 2. The van der Waals surface area contributed by atoms with Crippen LogP contribution in [0.4, 0.5) is 5.69 Å². The summed E-state index contributed by atoms with van der Waals surface area (Å²) in [7, 11) is 0. The first kappa shape index (κ1) is 14.1. The lowest BCUT2D eigenvalue weighted by Gasteiger charge is -2.12. The molecular formula is C13H13Cl2N3O. The molecule has 1 aromatic heterocycles. The van der Waals surface area contributed by atoms with Crippen molar-refractivity contribution in [3.63, 3.8) is 0 Å². The molecule has 0 amide bonds. The van der Waals surface area contributed by atoms with Crippen molar-refractivity contribution in [1.29, 1.82) is 0 Å². The summed E-state index contributed by atoms with van der Waals surface area (Å²) < 4.78 is 0. The van der Waals surface area contributed by atoms with Crippen molar-refractivity contribution in [3.05, 3.63) is 40.6 Å². The van der Waals surface area contributed by atoms with Gasteiger partial charge in [-0.3, -0.25) is 0 Å². The molecular weight excluding hydrogens is 285 g/mol. The maximum atomic E-state index is 9.50. The number of nitrogens with one attached hydrogen (secondary N) is 1. The van der Waals surface area contributed by atoms with Crippen LogP contribution < -0.4 is 5.32 Å². The van der Waals surface area contributed by atoms with Crippen molar-refractivity contribution in [2.24, 2.45) is 0 Å². The fourth-order valence-electron chi connectivity index (χ4n) is 1.53. The SMILES string of the molecule is CCC(O)Nc1ccc(-c2nc(Cl)cc(Cl)n2)cc1. The van der Waals surface area contributed by atoms with E-state index in [4.69, 9.17) is 23.2 Å². The Hall–Kier alpha value is -1.36. The van der Waals surface area contributed by atoms with Crippen LogP contribution in [-0.4, -0.2) is 21.3 Å². The second-order valence-electron chi connectivity index (χ2n) is 3.98. The van der Waals surface area contributed by atoms with E-state index in [0.29, 0.717) is 22.6 Å². The first-order valence-corrected chi connectivity index (χ1v) is 6.59. The molecule has 2 N–H and O–H groups in total. The standard InChI is InChI=1S/C13H13Cl2N3O/c1-2-12(19)16-9-5-3-8(4-6-9)13-17-10(14)7-11(15)18-13/h3-7,12,16,19H,2H2,1H3. The zero-order valence-corrected chi connectivity index (χ0v) is 11.8. The number of aliphatic hydroxyl groups excluding tert-OH is 1. The Kier molecular flexibility index (Phi) is 4.58. The highest BCUT2D eigenvalue weighted by molar-refractivity contribution is 6.33. The molecule has 2 rings (SSSR count). The van der Waals surface area contributed by atoms with E-state index in [9.17, 15) is 5.11 Å². The van der Waals surface area contributed by atoms with Gasteiger partial charge in [-0.25, -0.2) is 9.97 Å². The van der Waals surface area contributed by atoms with Crippen LogP contribution >= 0.6 is 23.2 Å². The lowest BCUT2D eigenvalue weighted by atomic mass is 10.2. The minimum absolute atomic E-state index is 0.304. The third kappa shape index (κ3) is 3.80. The summed E-state index contributed by atoms with van der Waals surface area (Å²) in [4.78, 5) is 8.22. The van der Waals surface area contributed by atoms with E-state index in [1.54, 1.807) is 0 Å². The van der Waals surface area contributed by atoms with Crippen molar-refractivity contribution in [2.45, 2.75) is 19.6 Å². The van der Waals surface area contributed by atoms with Crippen LogP contribution in [0.5, 0.6) is 0 Å². The van der Waals surface area contributed by atoms with Gasteiger partial charge >= 0.3 is 0 Å². The third-order valence-electron chi connectivity index (χ3n) is 2.53. The van der Waals surface area contributed by atoms with E-state index < -0.39 is 6.23 Å². The maximum Gasteiger partial charge on any atom is 0.162 e. The molecule has 0 spiro atoms. The minimum Gasteiger partial charge on any atom is -0.374 e. The molecule has 19 heavy (non-hydrogen) atoms. The number of aliphatic hydroxyl groups is 1. The molecule has 0 aliphatic rings. The predicted octanol–water partition coefficient (Wildman–Crippen LogP) is 3.59. The van der Waals surface area contributed by atoms with E-state index in [-0.39, 0.29) is 0 Å². The predicted molar refractivity (Wildman–Crippen MR) is 77.4 cm³/mol. The Bertz CT molecular complexity index is 540. The highest BCUT2D eigenvalue weighted by Gasteiger charge is 2.06. The molecule has 4 nitrogen and oxygen atoms in total. The summed E-state index contributed by atoms with van der Waals surface area (Å²) in [5.41, 5.74) is 1.63. The highest BCUT2D eigenvalue weighted by Crippen LogP contribution is 2.22. The van der Waals surface area contributed by atoms with E-state index in [1.165, 1.54) is 6.07 Å². The summed E-state index contributed by atoms with van der Waals surface area (Å²) in [5.74, 6) is 0.472. The monoisotopic (exact) mass is 297 g/mol. The van der Waals surface area contributed by atoms with E-state index in [2.05, 4.69) is 15.3 Å². The van der Waals surface area contributed by atoms with Crippen molar-refractivity contribution in [2.75, 3.05) is 5.32 Å². The summed E-state index contributed by atoms with van der Waals surface area (Å²) in [6, 6.07) is 8.85. The first-order chi connectivity index (χ1) is 9.08. The quantitative estimate of drug-likeness (QED) is 0.669. The Balaban J connectivity index is 2.22. The first-order valence-electron chi connectivity index (χ1n) is 5.83. The molecule has 1 aromatic carbocycles. The van der Waals surface area contributed by atoms with Gasteiger partial charge in [0, 0.05) is 17.3 Å². The number of hydrogen-bond donors (Lipinski definition) is 2. The van der Waals surface area contributed by atoms with Crippen LogP contribution in [0, 0.1) is 0 Å². The fraction of sp³-hybridized carbons (Fsp3) is 0.231. The number of benzene rings is 1. The minimum atomic E-state index is -0.553. The zero-order valence-electron chi connectivity index (χ0n) is 10.3. The number of nitrogens with zero attached hydrogens (tertiary/aromatic N) is 2. The van der Waals surface area contributed by atoms with Gasteiger partial charge in [-0.2, -0.15) is 0 Å². The van der Waals surface area contributed by atoms with Crippen LogP contribution in [0.25, 0.3) is 11.4 Å². The van der Waals surface area contributed by atoms with Gasteiger partial charge in [0.1, 0.15) is 16.5 Å². The molecule has 0 aliphatic heterocycles. The summed E-state index contributed by atoms with van der Waals surface area (Å²) >= 11 is 11.7. The summed E-state index contributed by atoms with van der Waals surface area (Å²) in [6.45, 7) is 1.90. The molecule has 100 valence electrons. The largest absolute Gasteiger partial charge is 0.374 e. The molecule has 0 bridgehead atoms. The van der Waals surface area contributed by atoms with E-state index in [1.807, 2.05) is 31.2 Å². The maximum absolute atomic E-state index is 9.50. The van der Waals surface area contributed by atoms with Crippen molar-refractivity contribution < 1.29 is 5.11 Å². The zero-order chi connectivity index (χ0) is 13.8. The van der Waals surface area contributed by atoms with Gasteiger partial charge in [0.05, 0.1) is 0 Å². The molecule has 0 saturated heterocycles. The van der Waals surface area contributed by atoms with Gasteiger partial charge in [-0.1, -0.05) is 30.1 Å². The van der Waals surface area contributed by atoms with Crippen molar-refractivity contribution >= 4 is 28.9 Å². The van der Waals surface area contributed by atoms with Crippen LogP contribution in [0.3, 0.4) is 0 Å². The molecule has 1 atom stereocenters. The molecule has 2 aromatic rings. The van der Waals surface area contributed by atoms with Crippen LogP contribution in [0.1, 0.15) is 13.3 Å². The summed E-state index contributed by atoms with van der Waals surface area (Å²) in [6.07, 6.45) is 0.0807. The fourth-order valence-corrected chi connectivity index (χ4v) is 1.95. The Labute approximate surface area is 121 Å². The summed E-state index contributed by atoms with van der Waals surface area (Å²) in [5, 5.41) is 13.1. The molecule has 0 saturated carbocycles. The number of anilines is 1. The van der Waals surface area contributed by atoms with Gasteiger partial charge in [0.25, 0.3) is 0 Å². The molecule has 0 fully saturated rings.